The number of rotatable bonds is 4. The SMILES string of the molecule is CC1CC1CNc1nccc(C(N)=S)n1. The van der Waals surface area contributed by atoms with Crippen LogP contribution in [0.3, 0.4) is 0 Å². The Morgan fingerprint density at radius 2 is 2.47 bits per heavy atom. The normalized spacial score (nSPS) is 23.5. The van der Waals surface area contributed by atoms with Gasteiger partial charge >= 0.3 is 0 Å². The van der Waals surface area contributed by atoms with Crippen molar-refractivity contribution in [1.82, 2.24) is 9.97 Å². The molecular formula is C10H14N4S. The van der Waals surface area contributed by atoms with Crippen molar-refractivity contribution in [2.24, 2.45) is 17.6 Å². The molecule has 1 aliphatic carbocycles. The molecule has 0 saturated heterocycles. The smallest absolute Gasteiger partial charge is 0.223 e. The molecule has 0 spiro atoms. The number of hydrogen-bond acceptors (Lipinski definition) is 4. The fraction of sp³-hybridized carbons (Fsp3) is 0.500. The van der Waals surface area contributed by atoms with E-state index in [2.05, 4.69) is 22.2 Å². The molecule has 4 nitrogen and oxygen atoms in total. The van der Waals surface area contributed by atoms with Crippen molar-refractivity contribution in [2.75, 3.05) is 11.9 Å². The minimum absolute atomic E-state index is 0.306. The van der Waals surface area contributed by atoms with Crippen LogP contribution in [-0.4, -0.2) is 21.5 Å². The molecule has 1 aromatic rings. The maximum atomic E-state index is 5.49. The summed E-state index contributed by atoms with van der Waals surface area (Å²) in [6.07, 6.45) is 2.96. The summed E-state index contributed by atoms with van der Waals surface area (Å²) < 4.78 is 0. The number of nitrogens with two attached hydrogens (primary N) is 1. The fourth-order valence-corrected chi connectivity index (χ4v) is 1.60. The summed E-state index contributed by atoms with van der Waals surface area (Å²) in [6.45, 7) is 3.18. The van der Waals surface area contributed by atoms with Crippen molar-refractivity contribution in [1.29, 1.82) is 0 Å². The number of aromatic nitrogens is 2. The van der Waals surface area contributed by atoms with E-state index >= 15 is 0 Å². The summed E-state index contributed by atoms with van der Waals surface area (Å²) in [7, 11) is 0. The molecule has 1 saturated carbocycles. The molecule has 0 amide bonds. The molecule has 0 aliphatic heterocycles. The lowest BCUT2D eigenvalue weighted by Crippen LogP contribution is -2.14. The lowest BCUT2D eigenvalue weighted by molar-refractivity contribution is 0.780. The molecule has 15 heavy (non-hydrogen) atoms. The maximum absolute atomic E-state index is 5.49. The number of thiocarbonyl (C=S) groups is 1. The first-order valence-electron chi connectivity index (χ1n) is 5.03. The molecule has 80 valence electrons. The molecule has 0 bridgehead atoms. The number of nitrogens with one attached hydrogen (secondary N) is 1. The molecule has 2 unspecified atom stereocenters. The van der Waals surface area contributed by atoms with Crippen LogP contribution >= 0.6 is 12.2 Å². The number of nitrogens with zero attached hydrogens (tertiary/aromatic N) is 2. The summed E-state index contributed by atoms with van der Waals surface area (Å²) in [5.41, 5.74) is 6.10. The van der Waals surface area contributed by atoms with Gasteiger partial charge in [0.1, 0.15) is 10.7 Å². The van der Waals surface area contributed by atoms with Crippen molar-refractivity contribution >= 4 is 23.2 Å². The van der Waals surface area contributed by atoms with Crippen LogP contribution in [0.1, 0.15) is 19.0 Å². The molecule has 5 heteroatoms. The summed E-state index contributed by atoms with van der Waals surface area (Å²) in [6, 6.07) is 1.72. The molecular weight excluding hydrogens is 208 g/mol. The van der Waals surface area contributed by atoms with Crippen LogP contribution in [0.15, 0.2) is 12.3 Å². The number of anilines is 1. The van der Waals surface area contributed by atoms with Crippen molar-refractivity contribution in [3.63, 3.8) is 0 Å². The van der Waals surface area contributed by atoms with E-state index in [1.54, 1.807) is 12.3 Å². The van der Waals surface area contributed by atoms with Gasteiger partial charge in [0.25, 0.3) is 0 Å². The van der Waals surface area contributed by atoms with Crippen LogP contribution in [0, 0.1) is 11.8 Å². The molecule has 1 heterocycles. The molecule has 2 atom stereocenters. The average Bonchev–Trinajstić information content (AvgIpc) is 2.92. The second-order valence-corrected chi connectivity index (χ2v) is 4.42. The van der Waals surface area contributed by atoms with E-state index in [-0.39, 0.29) is 0 Å². The highest BCUT2D eigenvalue weighted by Gasteiger charge is 2.32. The minimum Gasteiger partial charge on any atom is -0.388 e. The van der Waals surface area contributed by atoms with E-state index < -0.39 is 0 Å². The van der Waals surface area contributed by atoms with E-state index in [9.17, 15) is 0 Å². The highest BCUT2D eigenvalue weighted by atomic mass is 32.1. The van der Waals surface area contributed by atoms with Crippen LogP contribution in [0.5, 0.6) is 0 Å². The Balaban J connectivity index is 1.95. The average molecular weight is 222 g/mol. The summed E-state index contributed by atoms with van der Waals surface area (Å²) in [4.78, 5) is 8.62. The molecule has 0 aromatic carbocycles. The van der Waals surface area contributed by atoms with Crippen molar-refractivity contribution in [2.45, 2.75) is 13.3 Å². The third-order valence-electron chi connectivity index (χ3n) is 2.71. The van der Waals surface area contributed by atoms with Gasteiger partial charge in [0.15, 0.2) is 0 Å². The second-order valence-electron chi connectivity index (χ2n) is 3.98. The first-order valence-corrected chi connectivity index (χ1v) is 5.44. The molecule has 1 aliphatic rings. The molecule has 1 aromatic heterocycles. The summed E-state index contributed by atoms with van der Waals surface area (Å²) >= 11 is 4.85. The minimum atomic E-state index is 0.306. The van der Waals surface area contributed by atoms with Gasteiger partial charge in [-0.1, -0.05) is 19.1 Å². The fourth-order valence-electron chi connectivity index (χ4n) is 1.49. The van der Waals surface area contributed by atoms with Gasteiger partial charge in [-0.25, -0.2) is 9.97 Å². The summed E-state index contributed by atoms with van der Waals surface area (Å²) in [5.74, 6) is 2.21. The highest BCUT2D eigenvalue weighted by Crippen LogP contribution is 2.37. The van der Waals surface area contributed by atoms with Gasteiger partial charge in [-0.2, -0.15) is 0 Å². The first-order chi connectivity index (χ1) is 7.16. The first kappa shape index (κ1) is 10.3. The van der Waals surface area contributed by atoms with Crippen LogP contribution < -0.4 is 11.1 Å². The van der Waals surface area contributed by atoms with Crippen LogP contribution in [0.4, 0.5) is 5.95 Å². The van der Waals surface area contributed by atoms with Gasteiger partial charge in [-0.15, -0.1) is 0 Å². The third kappa shape index (κ3) is 2.62. The Bertz CT molecular complexity index is 379. The topological polar surface area (TPSA) is 63.8 Å². The van der Waals surface area contributed by atoms with Gasteiger partial charge in [0, 0.05) is 12.7 Å². The van der Waals surface area contributed by atoms with Gasteiger partial charge in [-0.05, 0) is 24.3 Å². The quantitative estimate of drug-likeness (QED) is 0.749. The van der Waals surface area contributed by atoms with Crippen molar-refractivity contribution in [3.05, 3.63) is 18.0 Å². The van der Waals surface area contributed by atoms with Crippen molar-refractivity contribution in [3.8, 4) is 0 Å². The lowest BCUT2D eigenvalue weighted by Gasteiger charge is -2.04. The predicted octanol–water partition coefficient (Wildman–Crippen LogP) is 1.18. The second kappa shape index (κ2) is 4.10. The Hall–Kier alpha value is -1.23. The monoisotopic (exact) mass is 222 g/mol. The highest BCUT2D eigenvalue weighted by molar-refractivity contribution is 7.80. The molecule has 0 radical (unpaired) electrons. The zero-order valence-electron chi connectivity index (χ0n) is 8.60. The van der Waals surface area contributed by atoms with Crippen LogP contribution in [0.2, 0.25) is 0 Å². The van der Waals surface area contributed by atoms with Gasteiger partial charge in [0.05, 0.1) is 0 Å². The van der Waals surface area contributed by atoms with E-state index in [1.165, 1.54) is 6.42 Å². The standard InChI is InChI=1S/C10H14N4S/c1-6-4-7(6)5-13-10-12-3-2-8(14-10)9(11)15/h2-3,6-7H,4-5H2,1H3,(H2,11,15)(H,12,13,14). The van der Waals surface area contributed by atoms with Crippen molar-refractivity contribution < 1.29 is 0 Å². The predicted molar refractivity (Wildman–Crippen MR) is 63.7 cm³/mol. The Kier molecular flexibility index (Phi) is 2.81. The van der Waals surface area contributed by atoms with E-state index in [4.69, 9.17) is 18.0 Å². The van der Waals surface area contributed by atoms with Gasteiger partial charge in [0.2, 0.25) is 5.95 Å². The molecule has 1 fully saturated rings. The lowest BCUT2D eigenvalue weighted by atomic mass is 10.3. The maximum Gasteiger partial charge on any atom is 0.223 e. The largest absolute Gasteiger partial charge is 0.388 e. The zero-order valence-corrected chi connectivity index (χ0v) is 9.42. The zero-order chi connectivity index (χ0) is 10.8. The van der Waals surface area contributed by atoms with Crippen LogP contribution in [-0.2, 0) is 0 Å². The van der Waals surface area contributed by atoms with E-state index in [0.717, 1.165) is 18.4 Å². The Morgan fingerprint density at radius 3 is 3.07 bits per heavy atom. The third-order valence-corrected chi connectivity index (χ3v) is 2.92. The van der Waals surface area contributed by atoms with Gasteiger partial charge < -0.3 is 11.1 Å². The number of hydrogen-bond donors (Lipinski definition) is 2. The van der Waals surface area contributed by atoms with E-state index in [0.29, 0.717) is 16.6 Å². The van der Waals surface area contributed by atoms with Crippen LogP contribution in [0.25, 0.3) is 0 Å². The molecule has 2 rings (SSSR count). The van der Waals surface area contributed by atoms with Gasteiger partial charge in [-0.3, -0.25) is 0 Å². The summed E-state index contributed by atoms with van der Waals surface area (Å²) in [5, 5.41) is 3.19. The van der Waals surface area contributed by atoms with E-state index in [1.807, 2.05) is 0 Å². The molecule has 3 N–H and O–H groups in total. The Morgan fingerprint density at radius 1 is 1.73 bits per heavy atom. The Labute approximate surface area is 94.3 Å².